The maximum absolute atomic E-state index is 4.55. The van der Waals surface area contributed by atoms with Crippen molar-refractivity contribution >= 4 is 29.9 Å². The minimum atomic E-state index is 0. The predicted octanol–water partition coefficient (Wildman–Crippen LogP) is 3.30. The molecule has 6 heteroatoms. The number of nitrogens with one attached hydrogen (secondary N) is 2. The third-order valence-electron chi connectivity index (χ3n) is 7.03. The molecule has 2 atom stereocenters. The van der Waals surface area contributed by atoms with E-state index in [1.165, 1.54) is 84.0 Å². The molecule has 0 aromatic heterocycles. The van der Waals surface area contributed by atoms with Gasteiger partial charge in [0.05, 0.1) is 0 Å². The van der Waals surface area contributed by atoms with Crippen molar-refractivity contribution in [3.63, 3.8) is 0 Å². The van der Waals surface area contributed by atoms with Gasteiger partial charge in [0.15, 0.2) is 5.96 Å². The van der Waals surface area contributed by atoms with Crippen LogP contribution in [0.2, 0.25) is 0 Å². The average molecular weight is 492 g/mol. The Labute approximate surface area is 184 Å². The lowest BCUT2D eigenvalue weighted by Crippen LogP contribution is -2.62. The van der Waals surface area contributed by atoms with Gasteiger partial charge in [0, 0.05) is 25.2 Å². The monoisotopic (exact) mass is 491 g/mol. The van der Waals surface area contributed by atoms with Crippen LogP contribution in [0.4, 0.5) is 0 Å². The van der Waals surface area contributed by atoms with E-state index in [1.807, 2.05) is 7.05 Å². The molecular formula is C21H42IN5. The summed E-state index contributed by atoms with van der Waals surface area (Å²) in [4.78, 5) is 9.83. The molecule has 0 aromatic carbocycles. The molecule has 2 N–H and O–H groups in total. The number of aliphatic imine (C=N–C) groups is 1. The number of piperidine rings is 2. The Hall–Kier alpha value is -0.0800. The molecule has 1 saturated carbocycles. The summed E-state index contributed by atoms with van der Waals surface area (Å²) in [7, 11) is 4.18. The lowest BCUT2D eigenvalue weighted by molar-refractivity contribution is 0.0172. The van der Waals surface area contributed by atoms with Crippen molar-refractivity contribution in [3.8, 4) is 0 Å². The van der Waals surface area contributed by atoms with Crippen LogP contribution >= 0.6 is 24.0 Å². The number of rotatable bonds is 4. The fraction of sp³-hybridized carbons (Fsp3) is 0.952. The van der Waals surface area contributed by atoms with Gasteiger partial charge in [-0.15, -0.1) is 24.0 Å². The van der Waals surface area contributed by atoms with Crippen LogP contribution in [0.1, 0.15) is 64.7 Å². The summed E-state index contributed by atoms with van der Waals surface area (Å²) in [6.07, 6.45) is 12.0. The highest BCUT2D eigenvalue weighted by Crippen LogP contribution is 2.31. The van der Waals surface area contributed by atoms with E-state index in [4.69, 9.17) is 0 Å². The maximum atomic E-state index is 4.55. The van der Waals surface area contributed by atoms with Crippen LogP contribution < -0.4 is 10.6 Å². The zero-order chi connectivity index (χ0) is 18.4. The van der Waals surface area contributed by atoms with Crippen LogP contribution in [0, 0.1) is 5.92 Å². The van der Waals surface area contributed by atoms with Gasteiger partial charge < -0.3 is 15.5 Å². The first-order valence-electron chi connectivity index (χ1n) is 11.0. The first kappa shape index (κ1) is 23.2. The molecule has 3 rings (SSSR count). The van der Waals surface area contributed by atoms with Crippen molar-refractivity contribution in [2.45, 2.75) is 76.3 Å². The average Bonchev–Trinajstić information content (AvgIpc) is 2.67. The highest BCUT2D eigenvalue weighted by atomic mass is 127. The number of likely N-dealkylation sites (tertiary alicyclic amines) is 2. The third kappa shape index (κ3) is 6.46. The van der Waals surface area contributed by atoms with Gasteiger partial charge >= 0.3 is 0 Å². The maximum Gasteiger partial charge on any atom is 0.191 e. The molecule has 3 fully saturated rings. The predicted molar refractivity (Wildman–Crippen MR) is 126 cm³/mol. The molecule has 27 heavy (non-hydrogen) atoms. The van der Waals surface area contributed by atoms with Crippen molar-refractivity contribution in [3.05, 3.63) is 0 Å². The highest BCUT2D eigenvalue weighted by molar-refractivity contribution is 14.0. The van der Waals surface area contributed by atoms with Crippen molar-refractivity contribution in [2.24, 2.45) is 10.9 Å². The first-order chi connectivity index (χ1) is 12.6. The molecule has 2 unspecified atom stereocenters. The van der Waals surface area contributed by atoms with Crippen LogP contribution in [0.15, 0.2) is 4.99 Å². The van der Waals surface area contributed by atoms with Crippen molar-refractivity contribution < 1.29 is 0 Å². The summed E-state index contributed by atoms with van der Waals surface area (Å²) in [6, 6.07) is 0.591. The van der Waals surface area contributed by atoms with Crippen LogP contribution in [-0.4, -0.2) is 74.2 Å². The van der Waals surface area contributed by atoms with Gasteiger partial charge in [-0.05, 0) is 77.7 Å². The van der Waals surface area contributed by atoms with Gasteiger partial charge in [-0.2, -0.15) is 0 Å². The largest absolute Gasteiger partial charge is 0.355 e. The summed E-state index contributed by atoms with van der Waals surface area (Å²) in [6.45, 7) is 8.39. The Morgan fingerprint density at radius 2 is 1.74 bits per heavy atom. The lowest BCUT2D eigenvalue weighted by Gasteiger charge is -2.50. The van der Waals surface area contributed by atoms with Gasteiger partial charge in [0.1, 0.15) is 0 Å². The second-order valence-corrected chi connectivity index (χ2v) is 9.11. The number of nitrogens with zero attached hydrogens (tertiary/aromatic N) is 3. The molecule has 2 heterocycles. The Balaban J connectivity index is 0.00000261. The Bertz CT molecular complexity index is 455. The first-order valence-corrected chi connectivity index (χ1v) is 11.0. The summed E-state index contributed by atoms with van der Waals surface area (Å²) >= 11 is 0. The van der Waals surface area contributed by atoms with Gasteiger partial charge in [-0.1, -0.05) is 26.2 Å². The smallest absolute Gasteiger partial charge is 0.191 e. The van der Waals surface area contributed by atoms with Crippen molar-refractivity contribution in [2.75, 3.05) is 46.8 Å². The summed E-state index contributed by atoms with van der Waals surface area (Å²) < 4.78 is 0. The molecule has 0 radical (unpaired) electrons. The van der Waals surface area contributed by atoms with Crippen molar-refractivity contribution in [1.82, 2.24) is 20.4 Å². The van der Waals surface area contributed by atoms with E-state index in [0.29, 0.717) is 11.6 Å². The summed E-state index contributed by atoms with van der Waals surface area (Å²) in [5, 5.41) is 7.45. The fourth-order valence-electron chi connectivity index (χ4n) is 5.21. The van der Waals surface area contributed by atoms with Crippen LogP contribution in [0.3, 0.4) is 0 Å². The molecule has 0 bridgehead atoms. The van der Waals surface area contributed by atoms with Gasteiger partial charge in [-0.25, -0.2) is 0 Å². The number of halogens is 1. The Kier molecular flexibility index (Phi) is 9.62. The molecule has 1 aliphatic carbocycles. The van der Waals surface area contributed by atoms with E-state index in [1.54, 1.807) is 0 Å². The summed E-state index contributed by atoms with van der Waals surface area (Å²) in [5.74, 6) is 1.85. The minimum Gasteiger partial charge on any atom is -0.355 e. The normalized spacial score (nSPS) is 30.4. The zero-order valence-corrected chi connectivity index (χ0v) is 20.1. The van der Waals surface area contributed by atoms with E-state index in [-0.39, 0.29) is 24.0 Å². The number of hydrogen-bond acceptors (Lipinski definition) is 3. The molecule has 3 aliphatic rings. The lowest BCUT2D eigenvalue weighted by atomic mass is 9.84. The van der Waals surface area contributed by atoms with Crippen molar-refractivity contribution in [1.29, 1.82) is 0 Å². The van der Waals surface area contributed by atoms with Crippen LogP contribution in [0.5, 0.6) is 0 Å². The molecule has 2 saturated heterocycles. The molecule has 0 amide bonds. The van der Waals surface area contributed by atoms with Gasteiger partial charge in [0.25, 0.3) is 0 Å². The summed E-state index contributed by atoms with van der Waals surface area (Å²) in [5.41, 5.74) is 0.310. The molecule has 2 aliphatic heterocycles. The Morgan fingerprint density at radius 3 is 2.37 bits per heavy atom. The third-order valence-corrected chi connectivity index (χ3v) is 7.03. The minimum absolute atomic E-state index is 0. The topological polar surface area (TPSA) is 42.9 Å². The molecule has 5 nitrogen and oxygen atoms in total. The molecule has 0 spiro atoms. The SMILES string of the molecule is CN=C(NCC1(N2CCCCC2)CCN(C)CC1)NC1CCCC(C)C1.I. The van der Waals surface area contributed by atoms with Crippen LogP contribution in [0.25, 0.3) is 0 Å². The van der Waals surface area contributed by atoms with Gasteiger partial charge in [0.2, 0.25) is 0 Å². The van der Waals surface area contributed by atoms with Crippen LogP contribution in [-0.2, 0) is 0 Å². The fourth-order valence-corrected chi connectivity index (χ4v) is 5.21. The van der Waals surface area contributed by atoms with E-state index < -0.39 is 0 Å². The second kappa shape index (κ2) is 11.2. The quantitative estimate of drug-likeness (QED) is 0.360. The van der Waals surface area contributed by atoms with Gasteiger partial charge in [-0.3, -0.25) is 9.89 Å². The Morgan fingerprint density at radius 1 is 1.04 bits per heavy atom. The van der Waals surface area contributed by atoms with E-state index >= 15 is 0 Å². The number of hydrogen-bond donors (Lipinski definition) is 2. The van der Waals surface area contributed by atoms with E-state index in [9.17, 15) is 0 Å². The zero-order valence-electron chi connectivity index (χ0n) is 17.8. The standard InChI is InChI=1S/C21H41N5.HI/c1-18-8-7-9-19(16-18)24-20(22-2)23-17-21(10-14-25(3)15-11-21)26-12-5-4-6-13-26;/h18-19H,4-17H2,1-3H3,(H2,22,23,24);1H. The van der Waals surface area contributed by atoms with E-state index in [0.717, 1.165) is 18.4 Å². The molecular weight excluding hydrogens is 449 g/mol. The number of guanidine groups is 1. The second-order valence-electron chi connectivity index (χ2n) is 9.11. The molecule has 0 aromatic rings. The highest BCUT2D eigenvalue weighted by Gasteiger charge is 2.39. The molecule has 158 valence electrons. The van der Waals surface area contributed by atoms with E-state index in [2.05, 4.69) is 39.4 Å².